The van der Waals surface area contributed by atoms with Crippen molar-refractivity contribution >= 4 is 11.9 Å². The Morgan fingerprint density at radius 1 is 0.613 bits per heavy atom. The van der Waals surface area contributed by atoms with E-state index in [1.807, 2.05) is 13.8 Å². The maximum atomic E-state index is 11.6. The topological polar surface area (TPSA) is 61.8 Å². The van der Waals surface area contributed by atoms with Crippen molar-refractivity contribution in [2.75, 3.05) is 26.4 Å². The van der Waals surface area contributed by atoms with Gasteiger partial charge >= 0.3 is 11.9 Å². The van der Waals surface area contributed by atoms with E-state index in [0.29, 0.717) is 19.1 Å². The fourth-order valence-electron chi connectivity index (χ4n) is 3.31. The number of unbranched alkanes of at least 4 members (excludes halogenated alkanes) is 14. The lowest BCUT2D eigenvalue weighted by molar-refractivity contribution is -0.156. The van der Waals surface area contributed by atoms with Crippen molar-refractivity contribution in [1.82, 2.24) is 0 Å². The SMILES string of the molecule is CCCCCCCCCCCCCCCCCOC(=O)COCC(=O)OCC(C)CC. The molecule has 0 saturated heterocycles. The lowest BCUT2D eigenvalue weighted by Gasteiger charge is -2.09. The number of esters is 2. The Labute approximate surface area is 192 Å². The summed E-state index contributed by atoms with van der Waals surface area (Å²) in [4.78, 5) is 23.0. The van der Waals surface area contributed by atoms with Crippen LogP contribution < -0.4 is 0 Å². The standard InChI is InChI=1S/C26H50O5/c1-4-6-7-8-9-10-11-12-13-14-15-16-17-18-19-20-30-25(27)22-29-23-26(28)31-21-24(3)5-2/h24H,4-23H2,1-3H3. The van der Waals surface area contributed by atoms with Crippen LogP contribution >= 0.6 is 0 Å². The molecule has 0 aliphatic carbocycles. The number of hydrogen-bond donors (Lipinski definition) is 0. The van der Waals surface area contributed by atoms with Crippen LogP contribution in [0, 0.1) is 5.92 Å². The molecule has 0 saturated carbocycles. The van der Waals surface area contributed by atoms with Gasteiger partial charge in [-0.05, 0) is 12.3 Å². The van der Waals surface area contributed by atoms with E-state index in [2.05, 4.69) is 6.92 Å². The van der Waals surface area contributed by atoms with Crippen LogP contribution in [0.15, 0.2) is 0 Å². The summed E-state index contributed by atoms with van der Waals surface area (Å²) in [6.07, 6.45) is 20.6. The van der Waals surface area contributed by atoms with Crippen molar-refractivity contribution < 1.29 is 23.8 Å². The van der Waals surface area contributed by atoms with Gasteiger partial charge in [-0.25, -0.2) is 9.59 Å². The molecule has 0 amide bonds. The second kappa shape index (κ2) is 23.6. The van der Waals surface area contributed by atoms with Gasteiger partial charge in [-0.15, -0.1) is 0 Å². The first-order valence-corrected chi connectivity index (χ1v) is 13.0. The first kappa shape index (κ1) is 29.9. The van der Waals surface area contributed by atoms with Crippen LogP contribution in [-0.4, -0.2) is 38.4 Å². The van der Waals surface area contributed by atoms with E-state index < -0.39 is 11.9 Å². The maximum absolute atomic E-state index is 11.6. The summed E-state index contributed by atoms with van der Waals surface area (Å²) in [5.74, 6) is -0.514. The highest BCUT2D eigenvalue weighted by Crippen LogP contribution is 2.13. The maximum Gasteiger partial charge on any atom is 0.332 e. The lowest BCUT2D eigenvalue weighted by atomic mass is 10.0. The molecule has 0 aromatic heterocycles. The molecule has 0 spiro atoms. The minimum Gasteiger partial charge on any atom is -0.464 e. The van der Waals surface area contributed by atoms with Crippen molar-refractivity contribution in [1.29, 1.82) is 0 Å². The highest BCUT2D eigenvalue weighted by molar-refractivity contribution is 5.73. The number of carbonyl (C=O) groups is 2. The fourth-order valence-corrected chi connectivity index (χ4v) is 3.31. The van der Waals surface area contributed by atoms with Crippen LogP contribution in [0.5, 0.6) is 0 Å². The average Bonchev–Trinajstić information content (AvgIpc) is 2.77. The summed E-state index contributed by atoms with van der Waals surface area (Å²) in [7, 11) is 0. The van der Waals surface area contributed by atoms with E-state index >= 15 is 0 Å². The molecule has 31 heavy (non-hydrogen) atoms. The minimum absolute atomic E-state index is 0.197. The number of rotatable bonds is 23. The zero-order chi connectivity index (χ0) is 23.0. The Morgan fingerprint density at radius 3 is 1.48 bits per heavy atom. The molecular formula is C26H50O5. The Balaban J connectivity index is 3.26. The lowest BCUT2D eigenvalue weighted by Crippen LogP contribution is -2.20. The molecule has 0 aromatic rings. The second-order valence-electron chi connectivity index (χ2n) is 8.86. The number of carbonyl (C=O) groups excluding carboxylic acids is 2. The molecule has 184 valence electrons. The van der Waals surface area contributed by atoms with E-state index in [-0.39, 0.29) is 13.2 Å². The van der Waals surface area contributed by atoms with Crippen LogP contribution in [0.4, 0.5) is 0 Å². The first-order chi connectivity index (χ1) is 15.1. The Kier molecular flexibility index (Phi) is 22.7. The third-order valence-corrected chi connectivity index (χ3v) is 5.68. The molecule has 0 N–H and O–H groups in total. The van der Waals surface area contributed by atoms with Gasteiger partial charge in [0.05, 0.1) is 13.2 Å². The van der Waals surface area contributed by atoms with Crippen molar-refractivity contribution in [2.24, 2.45) is 5.92 Å². The second-order valence-corrected chi connectivity index (χ2v) is 8.86. The Morgan fingerprint density at radius 2 is 1.03 bits per heavy atom. The molecule has 0 aromatic carbocycles. The molecule has 0 bridgehead atoms. The molecule has 5 heteroatoms. The number of hydrogen-bond acceptors (Lipinski definition) is 5. The molecular weight excluding hydrogens is 392 g/mol. The third kappa shape index (κ3) is 23.4. The van der Waals surface area contributed by atoms with E-state index in [1.165, 1.54) is 83.5 Å². The molecule has 0 heterocycles. The molecule has 1 atom stereocenters. The smallest absolute Gasteiger partial charge is 0.332 e. The summed E-state index contributed by atoms with van der Waals surface area (Å²) in [5, 5.41) is 0. The minimum atomic E-state index is -0.435. The summed E-state index contributed by atoms with van der Waals surface area (Å²) < 4.78 is 15.2. The van der Waals surface area contributed by atoms with E-state index in [4.69, 9.17) is 14.2 Å². The van der Waals surface area contributed by atoms with E-state index in [1.54, 1.807) is 0 Å². The quantitative estimate of drug-likeness (QED) is 0.126. The highest BCUT2D eigenvalue weighted by atomic mass is 16.6. The van der Waals surface area contributed by atoms with Gasteiger partial charge in [-0.3, -0.25) is 0 Å². The Hall–Kier alpha value is -1.10. The van der Waals surface area contributed by atoms with Gasteiger partial charge in [0.1, 0.15) is 13.2 Å². The predicted molar refractivity (Wildman–Crippen MR) is 127 cm³/mol. The molecule has 0 aliphatic heterocycles. The van der Waals surface area contributed by atoms with Gasteiger partial charge < -0.3 is 14.2 Å². The molecule has 1 unspecified atom stereocenters. The summed E-state index contributed by atoms with van der Waals surface area (Å²) in [6.45, 7) is 6.75. The average molecular weight is 443 g/mol. The monoisotopic (exact) mass is 442 g/mol. The van der Waals surface area contributed by atoms with Crippen LogP contribution in [0.3, 0.4) is 0 Å². The van der Waals surface area contributed by atoms with Crippen molar-refractivity contribution in [3.63, 3.8) is 0 Å². The zero-order valence-electron chi connectivity index (χ0n) is 20.8. The molecule has 5 nitrogen and oxygen atoms in total. The summed E-state index contributed by atoms with van der Waals surface area (Å²) in [6, 6.07) is 0. The van der Waals surface area contributed by atoms with Gasteiger partial charge in [-0.2, -0.15) is 0 Å². The molecule has 0 aliphatic rings. The molecule has 0 rings (SSSR count). The summed E-state index contributed by atoms with van der Waals surface area (Å²) >= 11 is 0. The highest BCUT2D eigenvalue weighted by Gasteiger charge is 2.09. The fraction of sp³-hybridized carbons (Fsp3) is 0.923. The third-order valence-electron chi connectivity index (χ3n) is 5.68. The van der Waals surface area contributed by atoms with Crippen molar-refractivity contribution in [3.8, 4) is 0 Å². The largest absolute Gasteiger partial charge is 0.464 e. The normalized spacial score (nSPS) is 12.0. The van der Waals surface area contributed by atoms with Crippen LogP contribution in [0.25, 0.3) is 0 Å². The van der Waals surface area contributed by atoms with Gasteiger partial charge in [0.15, 0.2) is 0 Å². The van der Waals surface area contributed by atoms with Gasteiger partial charge in [0.2, 0.25) is 0 Å². The van der Waals surface area contributed by atoms with Crippen LogP contribution in [-0.2, 0) is 23.8 Å². The summed E-state index contributed by atoms with van der Waals surface area (Å²) in [5.41, 5.74) is 0. The number of ether oxygens (including phenoxy) is 3. The zero-order valence-corrected chi connectivity index (χ0v) is 20.8. The van der Waals surface area contributed by atoms with Crippen molar-refractivity contribution in [2.45, 2.75) is 124 Å². The van der Waals surface area contributed by atoms with Gasteiger partial charge in [0.25, 0.3) is 0 Å². The van der Waals surface area contributed by atoms with Crippen LogP contribution in [0.1, 0.15) is 124 Å². The Bertz CT molecular complexity index is 411. The molecule has 0 radical (unpaired) electrons. The van der Waals surface area contributed by atoms with E-state index in [9.17, 15) is 9.59 Å². The van der Waals surface area contributed by atoms with Gasteiger partial charge in [-0.1, -0.05) is 117 Å². The first-order valence-electron chi connectivity index (χ1n) is 13.0. The van der Waals surface area contributed by atoms with Gasteiger partial charge in [0, 0.05) is 0 Å². The predicted octanol–water partition coefficient (Wildman–Crippen LogP) is 7.01. The van der Waals surface area contributed by atoms with E-state index in [0.717, 1.165) is 19.3 Å². The van der Waals surface area contributed by atoms with Crippen LogP contribution in [0.2, 0.25) is 0 Å². The van der Waals surface area contributed by atoms with Crippen molar-refractivity contribution in [3.05, 3.63) is 0 Å². The molecule has 0 fully saturated rings.